The van der Waals surface area contributed by atoms with E-state index in [0.29, 0.717) is 0 Å². The Morgan fingerprint density at radius 2 is 1.88 bits per heavy atom. The van der Waals surface area contributed by atoms with Gasteiger partial charge in [-0.05, 0) is 18.8 Å². The Morgan fingerprint density at radius 3 is 2.29 bits per heavy atom. The van der Waals surface area contributed by atoms with Gasteiger partial charge in [0, 0.05) is 0 Å². The van der Waals surface area contributed by atoms with Crippen molar-refractivity contribution < 1.29 is 8.42 Å². The molecule has 0 aromatic heterocycles. The molecule has 0 radical (unpaired) electrons. The van der Waals surface area contributed by atoms with E-state index in [1.54, 1.807) is 0 Å². The zero-order valence-electron chi connectivity index (χ0n) is 10.5. The van der Waals surface area contributed by atoms with Crippen LogP contribution in [0.1, 0.15) is 46.0 Å². The van der Waals surface area contributed by atoms with Crippen LogP contribution in [0.4, 0.5) is 0 Å². The first-order chi connectivity index (χ1) is 7.77. The van der Waals surface area contributed by atoms with Gasteiger partial charge in [0.05, 0.1) is 16.3 Å². The fourth-order valence-electron chi connectivity index (χ4n) is 2.33. The minimum Gasteiger partial charge on any atom is -0.392 e. The van der Waals surface area contributed by atoms with E-state index in [4.69, 9.17) is 18.0 Å². The minimum atomic E-state index is -3.30. The summed E-state index contributed by atoms with van der Waals surface area (Å²) in [6, 6.07) is 0. The predicted octanol–water partition coefficient (Wildman–Crippen LogP) is 1.55. The molecule has 0 bridgehead atoms. The van der Waals surface area contributed by atoms with E-state index in [1.165, 1.54) is 0 Å². The summed E-state index contributed by atoms with van der Waals surface area (Å²) >= 11 is 5.06. The lowest BCUT2D eigenvalue weighted by Crippen LogP contribution is -2.58. The second-order valence-corrected chi connectivity index (χ2v) is 7.49. The summed E-state index contributed by atoms with van der Waals surface area (Å²) in [6.07, 6.45) is 4.51. The Bertz CT molecular complexity index is 371. The zero-order chi connectivity index (χ0) is 13.1. The molecule has 0 amide bonds. The molecule has 0 heterocycles. The Hall–Kier alpha value is -0.200. The summed E-state index contributed by atoms with van der Waals surface area (Å²) in [6.45, 7) is 3.76. The van der Waals surface area contributed by atoms with Crippen LogP contribution in [-0.2, 0) is 10.0 Å². The molecular weight excluding hydrogens is 256 g/mol. The van der Waals surface area contributed by atoms with Crippen LogP contribution in [-0.4, -0.2) is 24.7 Å². The van der Waals surface area contributed by atoms with Crippen LogP contribution in [0.2, 0.25) is 0 Å². The third kappa shape index (κ3) is 4.19. The quantitative estimate of drug-likeness (QED) is 0.749. The van der Waals surface area contributed by atoms with E-state index in [1.807, 2.05) is 13.8 Å². The zero-order valence-corrected chi connectivity index (χ0v) is 12.2. The topological polar surface area (TPSA) is 72.2 Å². The first kappa shape index (κ1) is 14.9. The molecular formula is C11H22N2O2S2. The molecule has 1 aliphatic carbocycles. The molecule has 0 spiro atoms. The molecule has 3 N–H and O–H groups in total. The SMILES string of the molecule is CC(C)CS(=O)(=O)NC1(C(N)=S)CCCCC1. The van der Waals surface area contributed by atoms with Crippen molar-refractivity contribution in [2.75, 3.05) is 5.75 Å². The highest BCUT2D eigenvalue weighted by Crippen LogP contribution is 2.29. The lowest BCUT2D eigenvalue weighted by Gasteiger charge is -2.36. The van der Waals surface area contributed by atoms with Gasteiger partial charge in [-0.1, -0.05) is 45.3 Å². The third-order valence-electron chi connectivity index (χ3n) is 3.08. The lowest BCUT2D eigenvalue weighted by molar-refractivity contribution is 0.352. The van der Waals surface area contributed by atoms with Gasteiger partial charge in [-0.15, -0.1) is 0 Å². The summed E-state index contributed by atoms with van der Waals surface area (Å²) in [5.41, 5.74) is 5.07. The monoisotopic (exact) mass is 278 g/mol. The number of rotatable bonds is 5. The highest BCUT2D eigenvalue weighted by Gasteiger charge is 2.38. The van der Waals surface area contributed by atoms with Crippen molar-refractivity contribution in [3.63, 3.8) is 0 Å². The first-order valence-corrected chi connectivity index (χ1v) is 8.15. The van der Waals surface area contributed by atoms with Crippen molar-refractivity contribution >= 4 is 27.2 Å². The molecule has 4 nitrogen and oxygen atoms in total. The summed E-state index contributed by atoms with van der Waals surface area (Å²) in [5.74, 6) is 0.219. The van der Waals surface area contributed by atoms with Crippen molar-refractivity contribution in [3.05, 3.63) is 0 Å². The maximum Gasteiger partial charge on any atom is 0.212 e. The Morgan fingerprint density at radius 1 is 1.35 bits per heavy atom. The average Bonchev–Trinajstić information content (AvgIpc) is 2.15. The first-order valence-electron chi connectivity index (χ1n) is 6.09. The lowest BCUT2D eigenvalue weighted by atomic mass is 9.82. The highest BCUT2D eigenvalue weighted by atomic mass is 32.2. The predicted molar refractivity (Wildman–Crippen MR) is 74.4 cm³/mol. The van der Waals surface area contributed by atoms with Crippen molar-refractivity contribution in [3.8, 4) is 0 Å². The van der Waals surface area contributed by atoms with Crippen LogP contribution in [0.5, 0.6) is 0 Å². The fourth-order valence-corrected chi connectivity index (χ4v) is 4.52. The van der Waals surface area contributed by atoms with Crippen LogP contribution in [0, 0.1) is 5.92 Å². The van der Waals surface area contributed by atoms with Crippen LogP contribution < -0.4 is 10.5 Å². The number of nitrogens with one attached hydrogen (secondary N) is 1. The van der Waals surface area contributed by atoms with Gasteiger partial charge < -0.3 is 5.73 Å². The summed E-state index contributed by atoms with van der Waals surface area (Å²) < 4.78 is 26.7. The Kier molecular flexibility index (Phi) is 4.92. The molecule has 0 aliphatic heterocycles. The second-order valence-electron chi connectivity index (χ2n) is 5.28. The van der Waals surface area contributed by atoms with Gasteiger partial charge >= 0.3 is 0 Å². The average molecular weight is 278 g/mol. The van der Waals surface area contributed by atoms with E-state index in [0.717, 1.165) is 32.1 Å². The molecule has 0 aromatic rings. The second kappa shape index (κ2) is 5.63. The van der Waals surface area contributed by atoms with E-state index in [9.17, 15) is 8.42 Å². The fraction of sp³-hybridized carbons (Fsp3) is 0.909. The molecule has 100 valence electrons. The van der Waals surface area contributed by atoms with Crippen molar-refractivity contribution in [1.82, 2.24) is 4.72 Å². The summed E-state index contributed by atoms with van der Waals surface area (Å²) in [5, 5.41) is 0. The Balaban J connectivity index is 2.83. The number of sulfonamides is 1. The van der Waals surface area contributed by atoms with E-state index in [2.05, 4.69) is 4.72 Å². The standard InChI is InChI=1S/C11H22N2O2S2/c1-9(2)8-17(14,15)13-11(10(12)16)6-4-3-5-7-11/h9,13H,3-8H2,1-2H3,(H2,12,16). The maximum absolute atomic E-state index is 12.0. The number of thiocarbonyl (C=S) groups is 1. The van der Waals surface area contributed by atoms with Gasteiger partial charge in [0.25, 0.3) is 0 Å². The summed E-state index contributed by atoms with van der Waals surface area (Å²) in [7, 11) is -3.30. The molecule has 0 atom stereocenters. The van der Waals surface area contributed by atoms with Crippen LogP contribution in [0.3, 0.4) is 0 Å². The molecule has 0 aromatic carbocycles. The van der Waals surface area contributed by atoms with Gasteiger partial charge in [-0.25, -0.2) is 13.1 Å². The van der Waals surface area contributed by atoms with Gasteiger partial charge in [0.2, 0.25) is 10.0 Å². The van der Waals surface area contributed by atoms with E-state index in [-0.39, 0.29) is 16.7 Å². The maximum atomic E-state index is 12.0. The van der Waals surface area contributed by atoms with Crippen LogP contribution in [0.25, 0.3) is 0 Å². The Labute approximate surface area is 109 Å². The van der Waals surface area contributed by atoms with Gasteiger partial charge in [-0.2, -0.15) is 0 Å². The number of nitrogens with two attached hydrogens (primary N) is 1. The molecule has 1 rings (SSSR count). The molecule has 1 saturated carbocycles. The smallest absolute Gasteiger partial charge is 0.212 e. The van der Waals surface area contributed by atoms with Gasteiger partial charge in [0.1, 0.15) is 0 Å². The normalized spacial score (nSPS) is 20.4. The van der Waals surface area contributed by atoms with Crippen LogP contribution >= 0.6 is 12.2 Å². The largest absolute Gasteiger partial charge is 0.392 e. The van der Waals surface area contributed by atoms with E-state index < -0.39 is 15.6 Å². The summed E-state index contributed by atoms with van der Waals surface area (Å²) in [4.78, 5) is 0.282. The van der Waals surface area contributed by atoms with Gasteiger partial charge in [0.15, 0.2) is 0 Å². The van der Waals surface area contributed by atoms with Gasteiger partial charge in [-0.3, -0.25) is 0 Å². The van der Waals surface area contributed by atoms with Crippen LogP contribution in [0.15, 0.2) is 0 Å². The van der Waals surface area contributed by atoms with Crippen molar-refractivity contribution in [2.24, 2.45) is 11.7 Å². The van der Waals surface area contributed by atoms with E-state index >= 15 is 0 Å². The third-order valence-corrected chi connectivity index (χ3v) is 5.28. The minimum absolute atomic E-state index is 0.0967. The molecule has 0 unspecified atom stereocenters. The molecule has 0 saturated heterocycles. The number of hydrogen-bond acceptors (Lipinski definition) is 3. The number of hydrogen-bond donors (Lipinski definition) is 2. The van der Waals surface area contributed by atoms with Crippen molar-refractivity contribution in [1.29, 1.82) is 0 Å². The molecule has 17 heavy (non-hydrogen) atoms. The molecule has 6 heteroatoms. The molecule has 1 aliphatic rings. The highest BCUT2D eigenvalue weighted by molar-refractivity contribution is 7.89. The van der Waals surface area contributed by atoms with Crippen molar-refractivity contribution in [2.45, 2.75) is 51.5 Å². The molecule has 1 fully saturated rings.